The molecule has 0 aromatic rings. The standard InChI is InChI=1S/C11H23N/c1-4-7-12-8-10(2)5-6-11(3)9-12/h10-11H,4-9H2,1-3H3. The van der Waals surface area contributed by atoms with Crippen LogP contribution in [0.3, 0.4) is 0 Å². The summed E-state index contributed by atoms with van der Waals surface area (Å²) in [5, 5.41) is 0. The van der Waals surface area contributed by atoms with Gasteiger partial charge in [0.1, 0.15) is 0 Å². The van der Waals surface area contributed by atoms with E-state index in [-0.39, 0.29) is 0 Å². The van der Waals surface area contributed by atoms with Crippen LogP contribution in [0.4, 0.5) is 0 Å². The second-order valence-electron chi connectivity index (χ2n) is 4.55. The van der Waals surface area contributed by atoms with Crippen LogP contribution in [-0.2, 0) is 0 Å². The Balaban J connectivity index is 2.38. The Bertz CT molecular complexity index is 110. The highest BCUT2D eigenvalue weighted by Crippen LogP contribution is 2.19. The summed E-state index contributed by atoms with van der Waals surface area (Å²) in [5.74, 6) is 1.84. The van der Waals surface area contributed by atoms with Crippen LogP contribution >= 0.6 is 0 Å². The SMILES string of the molecule is CCCN1CC(C)CCC(C)C1. The van der Waals surface area contributed by atoms with Crippen LogP contribution in [0.2, 0.25) is 0 Å². The molecule has 72 valence electrons. The van der Waals surface area contributed by atoms with E-state index in [0.29, 0.717) is 0 Å². The molecule has 0 spiro atoms. The van der Waals surface area contributed by atoms with E-state index in [1.165, 1.54) is 38.9 Å². The molecule has 1 fully saturated rings. The minimum Gasteiger partial charge on any atom is -0.303 e. The van der Waals surface area contributed by atoms with Gasteiger partial charge in [0.05, 0.1) is 0 Å². The summed E-state index contributed by atoms with van der Waals surface area (Å²) in [6.45, 7) is 11.0. The van der Waals surface area contributed by atoms with Gasteiger partial charge in [-0.1, -0.05) is 20.8 Å². The van der Waals surface area contributed by atoms with Crippen molar-refractivity contribution in [3.05, 3.63) is 0 Å². The fourth-order valence-electron chi connectivity index (χ4n) is 2.21. The van der Waals surface area contributed by atoms with E-state index in [2.05, 4.69) is 25.7 Å². The molecule has 1 rings (SSSR count). The van der Waals surface area contributed by atoms with Gasteiger partial charge < -0.3 is 4.90 Å². The molecule has 2 atom stereocenters. The van der Waals surface area contributed by atoms with Crippen molar-refractivity contribution in [2.45, 2.75) is 40.0 Å². The average molecular weight is 169 g/mol. The Hall–Kier alpha value is -0.0400. The molecule has 0 saturated carbocycles. The molecule has 1 aliphatic heterocycles. The smallest absolute Gasteiger partial charge is 0.000713 e. The lowest BCUT2D eigenvalue weighted by atomic mass is 10.0. The van der Waals surface area contributed by atoms with Crippen LogP contribution in [0.5, 0.6) is 0 Å². The molecule has 1 heteroatoms. The zero-order valence-electron chi connectivity index (χ0n) is 8.84. The third-order valence-electron chi connectivity index (χ3n) is 2.83. The van der Waals surface area contributed by atoms with Gasteiger partial charge in [0.25, 0.3) is 0 Å². The van der Waals surface area contributed by atoms with Gasteiger partial charge in [-0.15, -0.1) is 0 Å². The summed E-state index contributed by atoms with van der Waals surface area (Å²) in [4.78, 5) is 2.64. The lowest BCUT2D eigenvalue weighted by Crippen LogP contribution is -2.30. The molecule has 0 radical (unpaired) electrons. The maximum atomic E-state index is 2.64. The van der Waals surface area contributed by atoms with Crippen LogP contribution in [0, 0.1) is 11.8 Å². The van der Waals surface area contributed by atoms with Crippen molar-refractivity contribution in [2.75, 3.05) is 19.6 Å². The zero-order chi connectivity index (χ0) is 8.97. The molecular formula is C11H23N. The van der Waals surface area contributed by atoms with Crippen molar-refractivity contribution in [1.29, 1.82) is 0 Å². The predicted molar refractivity (Wildman–Crippen MR) is 54.3 cm³/mol. The summed E-state index contributed by atoms with van der Waals surface area (Å²) < 4.78 is 0. The van der Waals surface area contributed by atoms with Gasteiger partial charge in [-0.05, 0) is 37.6 Å². The van der Waals surface area contributed by atoms with E-state index in [9.17, 15) is 0 Å². The Kier molecular flexibility index (Phi) is 4.07. The van der Waals surface area contributed by atoms with Gasteiger partial charge in [0.15, 0.2) is 0 Å². The van der Waals surface area contributed by atoms with Crippen LogP contribution in [-0.4, -0.2) is 24.5 Å². The van der Waals surface area contributed by atoms with Crippen molar-refractivity contribution >= 4 is 0 Å². The van der Waals surface area contributed by atoms with Gasteiger partial charge in [-0.2, -0.15) is 0 Å². The maximum absolute atomic E-state index is 2.64. The molecule has 2 unspecified atom stereocenters. The number of rotatable bonds is 2. The van der Waals surface area contributed by atoms with Crippen LogP contribution in [0.1, 0.15) is 40.0 Å². The van der Waals surface area contributed by atoms with Crippen molar-refractivity contribution in [3.63, 3.8) is 0 Å². The quantitative estimate of drug-likeness (QED) is 0.614. The highest BCUT2D eigenvalue weighted by atomic mass is 15.1. The second-order valence-corrected chi connectivity index (χ2v) is 4.55. The van der Waals surface area contributed by atoms with Gasteiger partial charge in [-0.3, -0.25) is 0 Å². The van der Waals surface area contributed by atoms with Gasteiger partial charge in [-0.25, -0.2) is 0 Å². The van der Waals surface area contributed by atoms with E-state index in [0.717, 1.165) is 11.8 Å². The average Bonchev–Trinajstić information content (AvgIpc) is 2.14. The molecule has 0 aromatic heterocycles. The van der Waals surface area contributed by atoms with E-state index in [4.69, 9.17) is 0 Å². The first kappa shape index (κ1) is 10.0. The first-order chi connectivity index (χ1) is 5.72. The van der Waals surface area contributed by atoms with Crippen molar-refractivity contribution in [3.8, 4) is 0 Å². The fraction of sp³-hybridized carbons (Fsp3) is 1.00. The highest BCUT2D eigenvalue weighted by Gasteiger charge is 2.17. The number of hydrogen-bond acceptors (Lipinski definition) is 1. The Morgan fingerprint density at radius 2 is 1.58 bits per heavy atom. The summed E-state index contributed by atoms with van der Waals surface area (Å²) in [6.07, 6.45) is 4.17. The molecule has 1 aliphatic rings. The Morgan fingerprint density at radius 1 is 1.08 bits per heavy atom. The van der Waals surface area contributed by atoms with Crippen molar-refractivity contribution < 1.29 is 0 Å². The number of likely N-dealkylation sites (tertiary alicyclic amines) is 1. The normalized spacial score (nSPS) is 33.2. The minimum atomic E-state index is 0.918. The summed E-state index contributed by atoms with van der Waals surface area (Å²) in [6, 6.07) is 0. The van der Waals surface area contributed by atoms with Crippen molar-refractivity contribution in [1.82, 2.24) is 4.90 Å². The molecular weight excluding hydrogens is 146 g/mol. The maximum Gasteiger partial charge on any atom is 0.000713 e. The monoisotopic (exact) mass is 169 g/mol. The predicted octanol–water partition coefficient (Wildman–Crippen LogP) is 2.76. The van der Waals surface area contributed by atoms with Gasteiger partial charge in [0, 0.05) is 13.1 Å². The molecule has 0 aromatic carbocycles. The van der Waals surface area contributed by atoms with E-state index < -0.39 is 0 Å². The third kappa shape index (κ3) is 3.14. The van der Waals surface area contributed by atoms with Gasteiger partial charge in [0.2, 0.25) is 0 Å². The lowest BCUT2D eigenvalue weighted by molar-refractivity contribution is 0.237. The summed E-state index contributed by atoms with van der Waals surface area (Å²) >= 11 is 0. The Morgan fingerprint density at radius 3 is 2.00 bits per heavy atom. The number of nitrogens with zero attached hydrogens (tertiary/aromatic N) is 1. The van der Waals surface area contributed by atoms with Gasteiger partial charge >= 0.3 is 0 Å². The van der Waals surface area contributed by atoms with Crippen molar-refractivity contribution in [2.24, 2.45) is 11.8 Å². The van der Waals surface area contributed by atoms with E-state index in [1.54, 1.807) is 0 Å². The van der Waals surface area contributed by atoms with E-state index >= 15 is 0 Å². The largest absolute Gasteiger partial charge is 0.303 e. The van der Waals surface area contributed by atoms with Crippen LogP contribution in [0.15, 0.2) is 0 Å². The number of hydrogen-bond donors (Lipinski definition) is 0. The molecule has 12 heavy (non-hydrogen) atoms. The molecule has 1 nitrogen and oxygen atoms in total. The lowest BCUT2D eigenvalue weighted by Gasteiger charge is -2.22. The summed E-state index contributed by atoms with van der Waals surface area (Å²) in [5.41, 5.74) is 0. The molecule has 0 bridgehead atoms. The second kappa shape index (κ2) is 4.86. The molecule has 0 aliphatic carbocycles. The molecule has 0 N–H and O–H groups in total. The topological polar surface area (TPSA) is 3.24 Å². The van der Waals surface area contributed by atoms with E-state index in [1.807, 2.05) is 0 Å². The summed E-state index contributed by atoms with van der Waals surface area (Å²) in [7, 11) is 0. The first-order valence-electron chi connectivity index (χ1n) is 5.44. The minimum absolute atomic E-state index is 0.918. The third-order valence-corrected chi connectivity index (χ3v) is 2.83. The van der Waals surface area contributed by atoms with Crippen LogP contribution in [0.25, 0.3) is 0 Å². The van der Waals surface area contributed by atoms with Crippen LogP contribution < -0.4 is 0 Å². The first-order valence-corrected chi connectivity index (χ1v) is 5.44. The fourth-order valence-corrected chi connectivity index (χ4v) is 2.21. The highest BCUT2D eigenvalue weighted by molar-refractivity contribution is 4.71. The molecule has 0 amide bonds. The Labute approximate surface area is 77.1 Å². The molecule has 1 saturated heterocycles. The zero-order valence-corrected chi connectivity index (χ0v) is 8.84. The molecule has 1 heterocycles.